The molecule has 1 rings (SSSR count). The van der Waals surface area contributed by atoms with Crippen LogP contribution in [0.4, 0.5) is 0 Å². The lowest BCUT2D eigenvalue weighted by Gasteiger charge is -2.10. The summed E-state index contributed by atoms with van der Waals surface area (Å²) in [5.74, 6) is 0. The molecule has 0 aromatic heterocycles. The number of rotatable bonds is 4. The van der Waals surface area contributed by atoms with E-state index >= 15 is 0 Å². The zero-order valence-corrected chi connectivity index (χ0v) is 6.90. The van der Waals surface area contributed by atoms with Gasteiger partial charge in [0.25, 0.3) is 0 Å². The van der Waals surface area contributed by atoms with E-state index in [1.807, 2.05) is 5.01 Å². The van der Waals surface area contributed by atoms with Crippen molar-refractivity contribution >= 4 is 0 Å². The standard InChI is InChI=1S/C7H15N3O/c1-2-3-7-6-10(4-5-11)9-8-7/h7,11H,2-6H2,1H3. The van der Waals surface area contributed by atoms with Crippen LogP contribution in [0.15, 0.2) is 10.3 Å². The SMILES string of the molecule is CCCC1CN(CCO)N=N1. The predicted molar refractivity (Wildman–Crippen MR) is 42.2 cm³/mol. The predicted octanol–water partition coefficient (Wildman–Crippen LogP) is 0.830. The average Bonchev–Trinajstić information content (AvgIpc) is 2.38. The van der Waals surface area contributed by atoms with Crippen LogP contribution in [0.5, 0.6) is 0 Å². The molecule has 0 saturated heterocycles. The summed E-state index contributed by atoms with van der Waals surface area (Å²) in [6, 6.07) is 0.367. The molecule has 4 nitrogen and oxygen atoms in total. The van der Waals surface area contributed by atoms with Crippen molar-refractivity contribution in [2.75, 3.05) is 19.7 Å². The van der Waals surface area contributed by atoms with E-state index in [1.165, 1.54) is 0 Å². The first-order valence-electron chi connectivity index (χ1n) is 4.13. The Morgan fingerprint density at radius 2 is 2.45 bits per heavy atom. The lowest BCUT2D eigenvalue weighted by Crippen LogP contribution is -2.23. The maximum Gasteiger partial charge on any atom is 0.0921 e. The molecule has 1 N–H and O–H groups in total. The highest BCUT2D eigenvalue weighted by Gasteiger charge is 2.16. The molecular weight excluding hydrogens is 142 g/mol. The van der Waals surface area contributed by atoms with E-state index in [-0.39, 0.29) is 6.61 Å². The normalized spacial score (nSPS) is 23.1. The molecule has 0 aromatic carbocycles. The zero-order chi connectivity index (χ0) is 8.10. The second kappa shape index (κ2) is 4.28. The molecule has 0 amide bonds. The molecule has 0 aliphatic carbocycles. The van der Waals surface area contributed by atoms with E-state index < -0.39 is 0 Å². The maximum absolute atomic E-state index is 8.60. The molecule has 11 heavy (non-hydrogen) atoms. The minimum atomic E-state index is 0.165. The van der Waals surface area contributed by atoms with Crippen LogP contribution in [0.2, 0.25) is 0 Å². The van der Waals surface area contributed by atoms with Crippen molar-refractivity contribution in [3.63, 3.8) is 0 Å². The van der Waals surface area contributed by atoms with Gasteiger partial charge in [-0.1, -0.05) is 18.6 Å². The molecule has 0 aromatic rings. The number of β-amino-alcohol motifs (C(OH)–C–C–N with tert-alkyl or cyclic N) is 1. The van der Waals surface area contributed by atoms with Crippen molar-refractivity contribution in [2.45, 2.75) is 25.8 Å². The highest BCUT2D eigenvalue weighted by Crippen LogP contribution is 2.12. The van der Waals surface area contributed by atoms with E-state index in [1.54, 1.807) is 0 Å². The highest BCUT2D eigenvalue weighted by molar-refractivity contribution is 4.72. The molecule has 0 fully saturated rings. The molecule has 1 heterocycles. The summed E-state index contributed by atoms with van der Waals surface area (Å²) in [6.45, 7) is 3.81. The number of hydrogen-bond acceptors (Lipinski definition) is 4. The fourth-order valence-corrected chi connectivity index (χ4v) is 1.20. The Balaban J connectivity index is 2.19. The Morgan fingerprint density at radius 3 is 3.09 bits per heavy atom. The van der Waals surface area contributed by atoms with Crippen LogP contribution >= 0.6 is 0 Å². The third-order valence-electron chi connectivity index (χ3n) is 1.74. The molecule has 1 aliphatic rings. The first-order valence-corrected chi connectivity index (χ1v) is 4.13. The molecule has 1 atom stereocenters. The fraction of sp³-hybridized carbons (Fsp3) is 1.00. The van der Waals surface area contributed by atoms with Gasteiger partial charge in [0, 0.05) is 0 Å². The van der Waals surface area contributed by atoms with Crippen molar-refractivity contribution < 1.29 is 5.11 Å². The van der Waals surface area contributed by atoms with Crippen molar-refractivity contribution in [3.05, 3.63) is 0 Å². The van der Waals surface area contributed by atoms with Crippen LogP contribution in [-0.2, 0) is 0 Å². The molecule has 1 aliphatic heterocycles. The summed E-state index contributed by atoms with van der Waals surface area (Å²) in [5, 5.41) is 18.4. The van der Waals surface area contributed by atoms with Crippen molar-refractivity contribution in [3.8, 4) is 0 Å². The van der Waals surface area contributed by atoms with Gasteiger partial charge in [0.1, 0.15) is 0 Å². The Morgan fingerprint density at radius 1 is 1.64 bits per heavy atom. The van der Waals surface area contributed by atoms with E-state index in [4.69, 9.17) is 5.11 Å². The summed E-state index contributed by atoms with van der Waals surface area (Å²) in [7, 11) is 0. The van der Waals surface area contributed by atoms with Gasteiger partial charge in [-0.3, -0.25) is 5.01 Å². The Hall–Kier alpha value is -0.640. The van der Waals surface area contributed by atoms with Gasteiger partial charge in [-0.05, 0) is 6.42 Å². The molecule has 0 spiro atoms. The largest absolute Gasteiger partial charge is 0.394 e. The molecule has 64 valence electrons. The number of nitrogens with zero attached hydrogens (tertiary/aromatic N) is 3. The molecule has 0 saturated carbocycles. The van der Waals surface area contributed by atoms with E-state index in [0.29, 0.717) is 12.6 Å². The van der Waals surface area contributed by atoms with Gasteiger partial charge in [-0.25, -0.2) is 0 Å². The highest BCUT2D eigenvalue weighted by atomic mass is 16.3. The second-order valence-corrected chi connectivity index (χ2v) is 2.78. The smallest absolute Gasteiger partial charge is 0.0921 e. The average molecular weight is 157 g/mol. The topological polar surface area (TPSA) is 48.2 Å². The molecular formula is C7H15N3O. The van der Waals surface area contributed by atoms with Gasteiger partial charge < -0.3 is 5.11 Å². The minimum absolute atomic E-state index is 0.165. The first-order chi connectivity index (χ1) is 5.36. The van der Waals surface area contributed by atoms with Crippen molar-refractivity contribution in [2.24, 2.45) is 10.3 Å². The first kappa shape index (κ1) is 8.46. The molecule has 0 bridgehead atoms. The number of aliphatic hydroxyl groups is 1. The van der Waals surface area contributed by atoms with Crippen LogP contribution < -0.4 is 0 Å². The second-order valence-electron chi connectivity index (χ2n) is 2.78. The Kier molecular flexibility index (Phi) is 3.29. The third-order valence-corrected chi connectivity index (χ3v) is 1.74. The molecule has 1 unspecified atom stereocenters. The number of hydrogen-bond donors (Lipinski definition) is 1. The molecule has 0 radical (unpaired) electrons. The van der Waals surface area contributed by atoms with Crippen LogP contribution in [0.3, 0.4) is 0 Å². The minimum Gasteiger partial charge on any atom is -0.394 e. The van der Waals surface area contributed by atoms with Crippen LogP contribution in [-0.4, -0.2) is 35.9 Å². The van der Waals surface area contributed by atoms with Crippen LogP contribution in [0.1, 0.15) is 19.8 Å². The summed E-state index contributed by atoms with van der Waals surface area (Å²) >= 11 is 0. The summed E-state index contributed by atoms with van der Waals surface area (Å²) < 4.78 is 0. The summed E-state index contributed by atoms with van der Waals surface area (Å²) in [6.07, 6.45) is 2.25. The van der Waals surface area contributed by atoms with Gasteiger partial charge in [0.2, 0.25) is 0 Å². The Bertz CT molecular complexity index is 124. The lowest BCUT2D eigenvalue weighted by atomic mass is 10.2. The Labute approximate surface area is 66.9 Å². The zero-order valence-electron chi connectivity index (χ0n) is 6.90. The monoisotopic (exact) mass is 157 g/mol. The van der Waals surface area contributed by atoms with E-state index in [0.717, 1.165) is 19.4 Å². The van der Waals surface area contributed by atoms with Crippen molar-refractivity contribution in [1.82, 2.24) is 5.01 Å². The van der Waals surface area contributed by atoms with Crippen LogP contribution in [0, 0.1) is 0 Å². The number of aliphatic hydroxyl groups excluding tert-OH is 1. The van der Waals surface area contributed by atoms with Crippen LogP contribution in [0.25, 0.3) is 0 Å². The quantitative estimate of drug-likeness (QED) is 0.657. The fourth-order valence-electron chi connectivity index (χ4n) is 1.20. The van der Waals surface area contributed by atoms with Gasteiger partial charge in [-0.15, -0.1) is 0 Å². The van der Waals surface area contributed by atoms with Crippen molar-refractivity contribution in [1.29, 1.82) is 0 Å². The van der Waals surface area contributed by atoms with Gasteiger partial charge in [0.05, 0.1) is 25.7 Å². The lowest BCUT2D eigenvalue weighted by molar-refractivity contribution is 0.209. The maximum atomic E-state index is 8.60. The van der Waals surface area contributed by atoms with Gasteiger partial charge >= 0.3 is 0 Å². The summed E-state index contributed by atoms with van der Waals surface area (Å²) in [5.41, 5.74) is 0. The molecule has 4 heteroatoms. The van der Waals surface area contributed by atoms with Gasteiger partial charge in [-0.2, -0.15) is 5.11 Å². The summed E-state index contributed by atoms with van der Waals surface area (Å²) in [4.78, 5) is 0. The van der Waals surface area contributed by atoms with E-state index in [2.05, 4.69) is 17.3 Å². The van der Waals surface area contributed by atoms with E-state index in [9.17, 15) is 0 Å². The van der Waals surface area contributed by atoms with Gasteiger partial charge in [0.15, 0.2) is 0 Å². The third kappa shape index (κ3) is 2.46.